The van der Waals surface area contributed by atoms with Gasteiger partial charge in [0.1, 0.15) is 18.1 Å². The Labute approximate surface area is 381 Å². The number of hydrogen-bond donors (Lipinski definition) is 12. The molecule has 0 amide bonds. The average molecular weight is 926 g/mol. The number of hydrogen-bond acceptors (Lipinski definition) is 17. The van der Waals surface area contributed by atoms with Crippen molar-refractivity contribution in [2.24, 2.45) is 23.5 Å². The minimum Gasteiger partial charge on any atom is -0.481 e. The average Bonchev–Trinajstić information content (AvgIpc) is 3.21. The molecule has 18 heteroatoms. The third-order valence-electron chi connectivity index (χ3n) is 12.2. The second-order valence-corrected chi connectivity index (χ2v) is 17.8. The van der Waals surface area contributed by atoms with Gasteiger partial charge in [0.2, 0.25) is 0 Å². The van der Waals surface area contributed by atoms with Crippen molar-refractivity contribution in [3.8, 4) is 0 Å². The van der Waals surface area contributed by atoms with Crippen LogP contribution in [-0.2, 0) is 28.5 Å². The van der Waals surface area contributed by atoms with Gasteiger partial charge in [0.05, 0.1) is 79.6 Å². The van der Waals surface area contributed by atoms with Crippen molar-refractivity contribution in [1.82, 2.24) is 0 Å². The highest BCUT2D eigenvalue weighted by Gasteiger charge is 2.51. The van der Waals surface area contributed by atoms with E-state index in [1.54, 1.807) is 38.2 Å². The summed E-state index contributed by atoms with van der Waals surface area (Å²) in [6.07, 6.45) is 2.28. The Hall–Kier alpha value is -3.18. The first kappa shape index (κ1) is 56.1. The number of carboxylic acids is 1. The minimum absolute atomic E-state index is 0.138. The fourth-order valence-electron chi connectivity index (χ4n) is 8.11. The number of carbonyl (C=O) groups is 2. The fourth-order valence-corrected chi connectivity index (χ4v) is 8.11. The van der Waals surface area contributed by atoms with Crippen LogP contribution < -0.4 is 5.73 Å². The summed E-state index contributed by atoms with van der Waals surface area (Å²) in [5.41, 5.74) is 6.02. The van der Waals surface area contributed by atoms with Crippen LogP contribution in [0.2, 0.25) is 0 Å². The van der Waals surface area contributed by atoms with Gasteiger partial charge in [0, 0.05) is 31.1 Å². The molecule has 3 heterocycles. The van der Waals surface area contributed by atoms with Gasteiger partial charge in [-0.25, -0.2) is 0 Å². The molecule has 18 nitrogen and oxygen atoms in total. The first-order valence-electron chi connectivity index (χ1n) is 22.6. The van der Waals surface area contributed by atoms with Crippen LogP contribution in [0.4, 0.5) is 0 Å². The molecule has 65 heavy (non-hydrogen) atoms. The Bertz CT molecular complexity index is 1620. The van der Waals surface area contributed by atoms with Crippen molar-refractivity contribution in [1.29, 1.82) is 0 Å². The van der Waals surface area contributed by atoms with E-state index >= 15 is 0 Å². The number of rotatable bonds is 3. The molecule has 0 aromatic heterocycles. The van der Waals surface area contributed by atoms with Crippen LogP contribution in [0.3, 0.4) is 0 Å². The molecule has 3 rings (SSSR count). The third-order valence-corrected chi connectivity index (χ3v) is 12.2. The van der Waals surface area contributed by atoms with Crippen LogP contribution in [0.5, 0.6) is 0 Å². The molecule has 3 aliphatic rings. The van der Waals surface area contributed by atoms with Crippen molar-refractivity contribution >= 4 is 11.9 Å². The van der Waals surface area contributed by atoms with Crippen LogP contribution in [0, 0.1) is 17.8 Å². The third kappa shape index (κ3) is 18.8. The van der Waals surface area contributed by atoms with E-state index < -0.39 is 141 Å². The van der Waals surface area contributed by atoms with E-state index in [4.69, 9.17) is 24.7 Å². The number of ether oxygens (including phenoxy) is 4. The topological polar surface area (TPSA) is 320 Å². The van der Waals surface area contributed by atoms with Gasteiger partial charge in [-0.15, -0.1) is 0 Å². The predicted octanol–water partition coefficient (Wildman–Crippen LogP) is 0.936. The lowest BCUT2D eigenvalue weighted by Gasteiger charge is -2.45. The SMILES string of the molecule is C[C@@H]1[C@H](O)[C@@H](C)/C=C/C=CCC/C=C/C=C/C=C/C=C/C(O[C@H]2O[C@H](C)[C@@H](O)[C@H](N)[C@@H]2O)CC2O[C@](O)(CC(O)C(O)CCC(O)CC(O)CC(O)CC(=O)O[C@H]1C)CC(O)C2C(=O)O. The molecule has 0 aromatic rings. The lowest BCUT2D eigenvalue weighted by atomic mass is 9.82. The number of cyclic esters (lactones) is 1. The molecule has 3 aliphatic heterocycles. The first-order valence-corrected chi connectivity index (χ1v) is 22.6. The zero-order valence-corrected chi connectivity index (χ0v) is 37.8. The number of aliphatic hydroxyl groups excluding tert-OH is 9. The summed E-state index contributed by atoms with van der Waals surface area (Å²) < 4.78 is 23.2. The first-order chi connectivity index (χ1) is 30.6. The number of aliphatic carboxylic acids is 1. The molecule has 9 unspecified atom stereocenters. The van der Waals surface area contributed by atoms with Gasteiger partial charge in [0.15, 0.2) is 12.1 Å². The summed E-state index contributed by atoms with van der Waals surface area (Å²) in [7, 11) is 0. The van der Waals surface area contributed by atoms with E-state index in [0.717, 1.165) is 12.8 Å². The minimum atomic E-state index is -2.35. The molecular formula is C47H75NO17. The summed E-state index contributed by atoms with van der Waals surface area (Å²) >= 11 is 0. The highest BCUT2D eigenvalue weighted by molar-refractivity contribution is 5.71. The number of aliphatic hydroxyl groups is 10. The largest absolute Gasteiger partial charge is 0.481 e. The van der Waals surface area contributed by atoms with Crippen molar-refractivity contribution < 1.29 is 84.7 Å². The van der Waals surface area contributed by atoms with Gasteiger partial charge < -0.3 is 80.9 Å². The van der Waals surface area contributed by atoms with Crippen LogP contribution in [-0.4, -0.2) is 166 Å². The summed E-state index contributed by atoms with van der Waals surface area (Å²) in [5, 5.41) is 118. The normalized spacial score (nSPS) is 44.8. The van der Waals surface area contributed by atoms with Crippen LogP contribution in [0.25, 0.3) is 0 Å². The van der Waals surface area contributed by atoms with Gasteiger partial charge in [-0.05, 0) is 52.4 Å². The van der Waals surface area contributed by atoms with Crippen molar-refractivity contribution in [2.45, 2.75) is 189 Å². The smallest absolute Gasteiger partial charge is 0.311 e. The molecule has 0 aromatic carbocycles. The number of carbonyl (C=O) groups excluding carboxylic acids is 1. The van der Waals surface area contributed by atoms with Gasteiger partial charge in [-0.3, -0.25) is 9.59 Å². The zero-order valence-electron chi connectivity index (χ0n) is 37.8. The van der Waals surface area contributed by atoms with Crippen molar-refractivity contribution in [2.75, 3.05) is 0 Å². The molecule has 2 saturated heterocycles. The molecule has 13 N–H and O–H groups in total. The van der Waals surface area contributed by atoms with Gasteiger partial charge in [-0.1, -0.05) is 86.8 Å². The number of esters is 1. The molecule has 0 saturated carbocycles. The van der Waals surface area contributed by atoms with E-state index in [1.165, 1.54) is 13.0 Å². The lowest BCUT2D eigenvalue weighted by Crippen LogP contribution is -2.61. The second-order valence-electron chi connectivity index (χ2n) is 17.8. The maximum Gasteiger partial charge on any atom is 0.311 e. The zero-order chi connectivity index (χ0) is 48.4. The summed E-state index contributed by atoms with van der Waals surface area (Å²) in [6, 6.07) is -1.14. The number of carboxylic acid groups (broad SMARTS) is 1. The van der Waals surface area contributed by atoms with Crippen LogP contribution >= 0.6 is 0 Å². The van der Waals surface area contributed by atoms with Crippen molar-refractivity contribution in [3.63, 3.8) is 0 Å². The van der Waals surface area contributed by atoms with Crippen LogP contribution in [0.15, 0.2) is 72.9 Å². The molecule has 2 bridgehead atoms. The van der Waals surface area contributed by atoms with E-state index in [-0.39, 0.29) is 38.0 Å². The fraction of sp³-hybridized carbons (Fsp3) is 0.702. The van der Waals surface area contributed by atoms with Crippen LogP contribution in [0.1, 0.15) is 91.9 Å². The van der Waals surface area contributed by atoms with E-state index in [1.807, 2.05) is 49.5 Å². The maximum absolute atomic E-state index is 12.6. The number of allylic oxidation sites excluding steroid dienone is 10. The van der Waals surface area contributed by atoms with E-state index in [2.05, 4.69) is 0 Å². The van der Waals surface area contributed by atoms with E-state index in [9.17, 15) is 65.8 Å². The Balaban J connectivity index is 1.84. The summed E-state index contributed by atoms with van der Waals surface area (Å²) in [4.78, 5) is 25.1. The Morgan fingerprint density at radius 1 is 0.692 bits per heavy atom. The summed E-state index contributed by atoms with van der Waals surface area (Å²) in [6.45, 7) is 6.78. The Morgan fingerprint density at radius 3 is 1.94 bits per heavy atom. The number of nitrogens with two attached hydrogens (primary N) is 1. The van der Waals surface area contributed by atoms with Crippen molar-refractivity contribution in [3.05, 3.63) is 72.9 Å². The molecule has 2 fully saturated rings. The lowest BCUT2D eigenvalue weighted by molar-refractivity contribution is -0.310. The molecule has 370 valence electrons. The maximum atomic E-state index is 12.6. The molecule has 19 atom stereocenters. The quantitative estimate of drug-likeness (QED) is 0.175. The second kappa shape index (κ2) is 27.6. The molecule has 0 spiro atoms. The monoisotopic (exact) mass is 926 g/mol. The number of fused-ring (bicyclic) bond motifs is 2. The summed E-state index contributed by atoms with van der Waals surface area (Å²) in [5.74, 6) is -6.82. The van der Waals surface area contributed by atoms with Gasteiger partial charge in [-0.2, -0.15) is 0 Å². The van der Waals surface area contributed by atoms with Gasteiger partial charge in [0.25, 0.3) is 0 Å². The highest BCUT2D eigenvalue weighted by Crippen LogP contribution is 2.38. The Morgan fingerprint density at radius 2 is 1.28 bits per heavy atom. The van der Waals surface area contributed by atoms with E-state index in [0.29, 0.717) is 0 Å². The molecular weight excluding hydrogens is 851 g/mol. The highest BCUT2D eigenvalue weighted by atomic mass is 16.7. The Kier molecular flexibility index (Phi) is 23.8. The van der Waals surface area contributed by atoms with Gasteiger partial charge >= 0.3 is 11.9 Å². The molecule has 0 radical (unpaired) electrons. The molecule has 0 aliphatic carbocycles. The predicted molar refractivity (Wildman–Crippen MR) is 237 cm³/mol. The standard InChI is InChI=1S/C47H75NO17/c1-27-17-15-13-11-9-7-5-6-8-10-12-14-16-18-34(64-46-44(58)41(48)43(57)30(4)63-46)24-38-40(45(59)60)37(54)26-47(61,65-38)25-36(53)35(52)20-19-31(49)21-32(50)22-33(51)23-39(55)62-29(3)28(2)42(27)56/h5-6,8,10-18,27-38,40-44,46,49-54,56-58,61H,7,9,19-26,48H2,1-4H3,(H,59,60)/b6-5+,10-8+,13-11?,14-12+,17-15+,18-16+/t27-,28-,29-,30+,31?,32?,33?,34?,35?,36?,37?,38?,40?,41-,42+,43+,44-,46+,47+/m0/s1.